The molecule has 1 fully saturated rings. The predicted molar refractivity (Wildman–Crippen MR) is 93.0 cm³/mol. The van der Waals surface area contributed by atoms with Crippen LogP contribution < -0.4 is 0 Å². The SMILES string of the molecule is Cc1nn(C)c(Cl)c1S(=O)(=O)N1CC2ON=C(c3ccc(F)cc3)C2C1. The first-order valence-corrected chi connectivity index (χ1v) is 9.79. The van der Waals surface area contributed by atoms with Gasteiger partial charge in [-0.2, -0.15) is 9.40 Å². The molecule has 26 heavy (non-hydrogen) atoms. The summed E-state index contributed by atoms with van der Waals surface area (Å²) in [6.45, 7) is 2.00. The van der Waals surface area contributed by atoms with E-state index in [1.807, 2.05) is 0 Å². The van der Waals surface area contributed by atoms with Gasteiger partial charge in [-0.25, -0.2) is 12.8 Å². The number of benzene rings is 1. The van der Waals surface area contributed by atoms with Crippen molar-refractivity contribution in [1.29, 1.82) is 0 Å². The highest BCUT2D eigenvalue weighted by Crippen LogP contribution is 2.35. The fourth-order valence-corrected chi connectivity index (χ4v) is 5.60. The Hall–Kier alpha value is -1.97. The van der Waals surface area contributed by atoms with Crippen molar-refractivity contribution >= 4 is 27.3 Å². The number of fused-ring (bicyclic) bond motifs is 1. The lowest BCUT2D eigenvalue weighted by atomic mass is 9.95. The Morgan fingerprint density at radius 1 is 1.27 bits per heavy atom. The topological polar surface area (TPSA) is 76.8 Å². The Morgan fingerprint density at radius 3 is 2.58 bits per heavy atom. The minimum atomic E-state index is -3.81. The zero-order valence-electron chi connectivity index (χ0n) is 14.1. The molecule has 2 unspecified atom stereocenters. The number of oxime groups is 1. The van der Waals surface area contributed by atoms with Crippen LogP contribution in [0.15, 0.2) is 34.3 Å². The summed E-state index contributed by atoms with van der Waals surface area (Å²) in [6.07, 6.45) is -0.374. The molecule has 2 atom stereocenters. The van der Waals surface area contributed by atoms with Crippen molar-refractivity contribution < 1.29 is 17.6 Å². The molecule has 2 aliphatic rings. The minimum Gasteiger partial charge on any atom is -0.390 e. The highest BCUT2D eigenvalue weighted by Gasteiger charge is 2.47. The average molecular weight is 399 g/mol. The summed E-state index contributed by atoms with van der Waals surface area (Å²) in [5.41, 5.74) is 1.69. The number of halogens is 2. The van der Waals surface area contributed by atoms with Crippen LogP contribution >= 0.6 is 11.6 Å². The van der Waals surface area contributed by atoms with Crippen LogP contribution in [0.2, 0.25) is 5.15 Å². The van der Waals surface area contributed by atoms with Gasteiger partial charge in [0.15, 0.2) is 6.10 Å². The smallest absolute Gasteiger partial charge is 0.248 e. The van der Waals surface area contributed by atoms with Crippen molar-refractivity contribution in [3.8, 4) is 0 Å². The molecule has 1 aromatic heterocycles. The largest absolute Gasteiger partial charge is 0.390 e. The molecule has 138 valence electrons. The van der Waals surface area contributed by atoms with Crippen molar-refractivity contribution in [2.24, 2.45) is 18.1 Å². The third-order valence-corrected chi connectivity index (χ3v) is 7.24. The Kier molecular flexibility index (Phi) is 4.05. The Morgan fingerprint density at radius 2 is 1.96 bits per heavy atom. The second-order valence-electron chi connectivity index (χ2n) is 6.38. The molecule has 0 bridgehead atoms. The quantitative estimate of drug-likeness (QED) is 0.791. The van der Waals surface area contributed by atoms with E-state index in [0.717, 1.165) is 0 Å². The van der Waals surface area contributed by atoms with Gasteiger partial charge in [0.25, 0.3) is 0 Å². The normalized spacial score (nSPS) is 23.0. The second kappa shape index (κ2) is 6.04. The number of sulfonamides is 1. The maximum Gasteiger partial charge on any atom is 0.248 e. The van der Waals surface area contributed by atoms with Crippen LogP contribution in [0.5, 0.6) is 0 Å². The van der Waals surface area contributed by atoms with Gasteiger partial charge in [0.2, 0.25) is 10.0 Å². The maximum atomic E-state index is 13.1. The van der Waals surface area contributed by atoms with Crippen LogP contribution in [0.4, 0.5) is 4.39 Å². The minimum absolute atomic E-state index is 0.0157. The Labute approximate surface area is 155 Å². The number of hydrogen-bond donors (Lipinski definition) is 0. The molecule has 7 nitrogen and oxygen atoms in total. The first-order valence-electron chi connectivity index (χ1n) is 7.98. The monoisotopic (exact) mass is 398 g/mol. The molecule has 0 amide bonds. The van der Waals surface area contributed by atoms with Gasteiger partial charge in [-0.3, -0.25) is 4.68 Å². The fraction of sp³-hybridized carbons (Fsp3) is 0.375. The van der Waals surface area contributed by atoms with E-state index in [1.54, 1.807) is 26.1 Å². The lowest BCUT2D eigenvalue weighted by Crippen LogP contribution is -2.31. The van der Waals surface area contributed by atoms with Crippen LogP contribution in [0, 0.1) is 18.7 Å². The molecule has 0 spiro atoms. The van der Waals surface area contributed by atoms with E-state index in [9.17, 15) is 12.8 Å². The lowest BCUT2D eigenvalue weighted by Gasteiger charge is -2.16. The van der Waals surface area contributed by atoms with E-state index < -0.39 is 10.0 Å². The van der Waals surface area contributed by atoms with Crippen molar-refractivity contribution in [2.75, 3.05) is 13.1 Å². The van der Waals surface area contributed by atoms with E-state index >= 15 is 0 Å². The highest BCUT2D eigenvalue weighted by molar-refractivity contribution is 7.89. The summed E-state index contributed by atoms with van der Waals surface area (Å²) in [4.78, 5) is 5.45. The number of aryl methyl sites for hydroxylation is 2. The molecule has 0 radical (unpaired) electrons. The molecule has 1 aromatic carbocycles. The highest BCUT2D eigenvalue weighted by atomic mass is 35.5. The number of aromatic nitrogens is 2. The van der Waals surface area contributed by atoms with E-state index in [2.05, 4.69) is 10.3 Å². The molecule has 2 aromatic rings. The zero-order valence-corrected chi connectivity index (χ0v) is 15.6. The third-order valence-electron chi connectivity index (χ3n) is 4.71. The van der Waals surface area contributed by atoms with Crippen LogP contribution in [-0.2, 0) is 21.9 Å². The fourth-order valence-electron chi connectivity index (χ4n) is 3.42. The molecule has 3 heterocycles. The molecule has 0 saturated carbocycles. The third kappa shape index (κ3) is 2.62. The van der Waals surface area contributed by atoms with Gasteiger partial charge in [-0.1, -0.05) is 28.9 Å². The summed E-state index contributed by atoms with van der Waals surface area (Å²) < 4.78 is 41.9. The summed E-state index contributed by atoms with van der Waals surface area (Å²) in [5, 5.41) is 8.24. The summed E-state index contributed by atoms with van der Waals surface area (Å²) in [5.74, 6) is -0.562. The summed E-state index contributed by atoms with van der Waals surface area (Å²) in [6, 6.07) is 5.90. The number of rotatable bonds is 3. The van der Waals surface area contributed by atoms with E-state index in [1.165, 1.54) is 21.1 Å². The van der Waals surface area contributed by atoms with Gasteiger partial charge in [0.05, 0.1) is 23.9 Å². The van der Waals surface area contributed by atoms with Crippen molar-refractivity contribution in [3.05, 3.63) is 46.5 Å². The van der Waals surface area contributed by atoms with E-state index in [0.29, 0.717) is 17.0 Å². The standard InChI is InChI=1S/C16H16ClFN4O3S/c1-9-15(16(17)21(2)19-9)26(23,24)22-7-12-13(8-22)25-20-14(12)10-3-5-11(18)6-4-10/h3-6,12-13H,7-8H2,1-2H3. The second-order valence-corrected chi connectivity index (χ2v) is 8.62. The lowest BCUT2D eigenvalue weighted by molar-refractivity contribution is 0.0803. The first kappa shape index (κ1) is 17.4. The van der Waals surface area contributed by atoms with Crippen molar-refractivity contribution in [3.63, 3.8) is 0 Å². The van der Waals surface area contributed by atoms with Gasteiger partial charge in [0, 0.05) is 13.6 Å². The Bertz CT molecular complexity index is 1000. The van der Waals surface area contributed by atoms with E-state index in [-0.39, 0.29) is 41.0 Å². The molecule has 10 heteroatoms. The van der Waals surface area contributed by atoms with Crippen molar-refractivity contribution in [2.45, 2.75) is 17.9 Å². The van der Waals surface area contributed by atoms with Gasteiger partial charge in [0.1, 0.15) is 15.9 Å². The van der Waals surface area contributed by atoms with Crippen LogP contribution in [-0.4, -0.2) is 47.4 Å². The first-order chi connectivity index (χ1) is 12.3. The predicted octanol–water partition coefficient (Wildman–Crippen LogP) is 1.94. The molecule has 1 saturated heterocycles. The Balaban J connectivity index is 1.63. The van der Waals surface area contributed by atoms with Crippen LogP contribution in [0.25, 0.3) is 0 Å². The van der Waals surface area contributed by atoms with Gasteiger partial charge < -0.3 is 4.84 Å². The van der Waals surface area contributed by atoms with E-state index in [4.69, 9.17) is 16.4 Å². The molecule has 0 aliphatic carbocycles. The zero-order chi connectivity index (χ0) is 18.6. The van der Waals surface area contributed by atoms with Crippen LogP contribution in [0.1, 0.15) is 11.3 Å². The summed E-state index contributed by atoms with van der Waals surface area (Å²) >= 11 is 6.14. The molecular weight excluding hydrogens is 383 g/mol. The average Bonchev–Trinajstić information content (AvgIpc) is 3.22. The van der Waals surface area contributed by atoms with Gasteiger partial charge in [-0.15, -0.1) is 0 Å². The number of nitrogens with zero attached hydrogens (tertiary/aromatic N) is 4. The van der Waals surface area contributed by atoms with Gasteiger partial charge >= 0.3 is 0 Å². The van der Waals surface area contributed by atoms with Crippen molar-refractivity contribution in [1.82, 2.24) is 14.1 Å². The van der Waals surface area contributed by atoms with Gasteiger partial charge in [-0.05, 0) is 24.6 Å². The maximum absolute atomic E-state index is 13.1. The molecule has 4 rings (SSSR count). The molecular formula is C16H16ClFN4O3S. The molecule has 0 N–H and O–H groups in total. The molecule has 2 aliphatic heterocycles. The number of hydrogen-bond acceptors (Lipinski definition) is 5. The summed E-state index contributed by atoms with van der Waals surface area (Å²) in [7, 11) is -2.22. The van der Waals surface area contributed by atoms with Crippen LogP contribution in [0.3, 0.4) is 0 Å².